The molecule has 8 nitrogen and oxygen atoms in total. The van der Waals surface area contributed by atoms with Gasteiger partial charge in [-0.05, 0) is 45.8 Å². The van der Waals surface area contributed by atoms with Gasteiger partial charge in [-0.1, -0.05) is 146 Å². The molecule has 0 radical (unpaired) electrons. The lowest BCUT2D eigenvalue weighted by molar-refractivity contribution is 0.381. The van der Waals surface area contributed by atoms with E-state index in [0.717, 1.165) is 43.1 Å². The van der Waals surface area contributed by atoms with Gasteiger partial charge in [0, 0.05) is 21.5 Å². The second kappa shape index (κ2) is 17.1. The molecule has 9 heteroatoms. The Labute approximate surface area is 283 Å². The van der Waals surface area contributed by atoms with E-state index in [0.29, 0.717) is 23.0 Å². The Morgan fingerprint density at radius 1 is 0.286 bits per heavy atom. The van der Waals surface area contributed by atoms with Crippen LogP contribution in [0.15, 0.2) is 170 Å². The molecule has 0 aliphatic carbocycles. The highest BCUT2D eigenvalue weighted by atomic mass is 32.3. The first-order valence-corrected chi connectivity index (χ1v) is 16.3. The summed E-state index contributed by atoms with van der Waals surface area (Å²) >= 11 is 0. The maximum Gasteiger partial charge on any atom is 0.394 e. The number of hydrogen-bond donors (Lipinski definition) is 6. The van der Waals surface area contributed by atoms with Crippen LogP contribution < -0.4 is 0 Å². The van der Waals surface area contributed by atoms with Crippen LogP contribution in [0.4, 0.5) is 0 Å². The van der Waals surface area contributed by atoms with Crippen molar-refractivity contribution in [3.8, 4) is 23.0 Å². The van der Waals surface area contributed by atoms with Gasteiger partial charge in [0.2, 0.25) is 0 Å². The van der Waals surface area contributed by atoms with Crippen molar-refractivity contribution in [1.82, 2.24) is 0 Å². The van der Waals surface area contributed by atoms with E-state index in [4.69, 9.17) is 17.5 Å². The van der Waals surface area contributed by atoms with Gasteiger partial charge in [0.15, 0.2) is 0 Å². The summed E-state index contributed by atoms with van der Waals surface area (Å²) in [5.74, 6) is 1.40. The van der Waals surface area contributed by atoms with E-state index in [1.165, 1.54) is 0 Å². The molecule has 0 aliphatic heterocycles. The molecule has 0 fully saturated rings. The lowest BCUT2D eigenvalue weighted by Gasteiger charge is -1.97. The maximum atomic E-state index is 9.37. The average molecular weight is 675 g/mol. The average Bonchev–Trinajstić information content (AvgIpc) is 3.10. The van der Waals surface area contributed by atoms with E-state index >= 15 is 0 Å². The number of hydrogen-bond acceptors (Lipinski definition) is 6. The minimum absolute atomic E-state index is 0.350. The van der Waals surface area contributed by atoms with E-state index in [1.807, 2.05) is 146 Å². The molecular formula is C40H34O8S. The molecular weight excluding hydrogens is 640 g/mol. The lowest BCUT2D eigenvalue weighted by Crippen LogP contribution is -1.89. The highest BCUT2D eigenvalue weighted by Crippen LogP contribution is 2.25. The fourth-order valence-corrected chi connectivity index (χ4v) is 4.83. The SMILES string of the molecule is O=S(=O)(O)O.Oc1cccc2ccccc12.Oc1cccc2ccccc12.Oc1cccc2ccccc12.Oc1cccc2ccccc12. The molecule has 0 atom stereocenters. The van der Waals surface area contributed by atoms with Crippen molar-refractivity contribution in [2.45, 2.75) is 0 Å². The predicted molar refractivity (Wildman–Crippen MR) is 197 cm³/mol. The summed E-state index contributed by atoms with van der Waals surface area (Å²) in [7, 11) is -4.67. The van der Waals surface area contributed by atoms with Gasteiger partial charge in [0.1, 0.15) is 23.0 Å². The van der Waals surface area contributed by atoms with Crippen molar-refractivity contribution in [2.24, 2.45) is 0 Å². The molecule has 0 saturated heterocycles. The van der Waals surface area contributed by atoms with Gasteiger partial charge in [-0.15, -0.1) is 0 Å². The fourth-order valence-electron chi connectivity index (χ4n) is 4.83. The fraction of sp³-hybridized carbons (Fsp3) is 0. The summed E-state index contributed by atoms with van der Waals surface area (Å²) < 4.78 is 31.6. The minimum atomic E-state index is -4.67. The Balaban J connectivity index is 0.000000141. The third-order valence-corrected chi connectivity index (χ3v) is 7.07. The molecule has 8 aromatic rings. The standard InChI is InChI=1S/4C10H8O.H2O4S/c4*11-10-7-3-5-8-4-1-2-6-9(8)10;1-5(2,3)4/h4*1-7,11H;(H2,1,2,3,4). The third kappa shape index (κ3) is 11.0. The Morgan fingerprint density at radius 3 is 0.633 bits per heavy atom. The molecule has 0 unspecified atom stereocenters. The van der Waals surface area contributed by atoms with Crippen molar-refractivity contribution in [3.63, 3.8) is 0 Å². The van der Waals surface area contributed by atoms with Gasteiger partial charge < -0.3 is 20.4 Å². The normalized spacial score (nSPS) is 10.3. The zero-order chi connectivity index (χ0) is 35.2. The third-order valence-electron chi connectivity index (χ3n) is 7.07. The molecule has 0 aromatic heterocycles. The van der Waals surface area contributed by atoms with E-state index in [2.05, 4.69) is 0 Å². The summed E-state index contributed by atoms with van der Waals surface area (Å²) in [6.45, 7) is 0. The molecule has 0 bridgehead atoms. The van der Waals surface area contributed by atoms with Gasteiger partial charge in [-0.25, -0.2) is 0 Å². The highest BCUT2D eigenvalue weighted by molar-refractivity contribution is 7.79. The number of benzene rings is 8. The molecule has 49 heavy (non-hydrogen) atoms. The molecule has 0 aliphatic rings. The first-order chi connectivity index (χ1) is 23.5. The van der Waals surface area contributed by atoms with Crippen LogP contribution in [-0.4, -0.2) is 37.9 Å². The van der Waals surface area contributed by atoms with Gasteiger partial charge in [0.05, 0.1) is 0 Å². The molecule has 0 spiro atoms. The molecule has 0 heterocycles. The van der Waals surface area contributed by atoms with Crippen LogP contribution in [0, 0.1) is 0 Å². The number of phenolic OH excluding ortho intramolecular Hbond substituents is 4. The molecule has 6 N–H and O–H groups in total. The lowest BCUT2D eigenvalue weighted by atomic mass is 10.1. The Morgan fingerprint density at radius 2 is 0.449 bits per heavy atom. The van der Waals surface area contributed by atoms with Gasteiger partial charge in [-0.2, -0.15) is 8.42 Å². The molecule has 8 aromatic carbocycles. The smallest absolute Gasteiger partial charge is 0.394 e. The van der Waals surface area contributed by atoms with Crippen LogP contribution in [-0.2, 0) is 10.4 Å². The minimum Gasteiger partial charge on any atom is -0.507 e. The Hall–Kier alpha value is -6.13. The van der Waals surface area contributed by atoms with E-state index in [1.54, 1.807) is 24.3 Å². The summed E-state index contributed by atoms with van der Waals surface area (Å²) in [6.07, 6.45) is 0. The number of phenols is 4. The van der Waals surface area contributed by atoms with Crippen molar-refractivity contribution in [1.29, 1.82) is 0 Å². The molecule has 0 saturated carbocycles. The van der Waals surface area contributed by atoms with Crippen LogP contribution in [0.25, 0.3) is 43.1 Å². The van der Waals surface area contributed by atoms with Crippen LogP contribution in [0.5, 0.6) is 23.0 Å². The van der Waals surface area contributed by atoms with Gasteiger partial charge in [0.25, 0.3) is 0 Å². The summed E-state index contributed by atoms with van der Waals surface area (Å²) in [5, 5.41) is 45.4. The topological polar surface area (TPSA) is 156 Å². The second-order valence-corrected chi connectivity index (χ2v) is 11.3. The first kappa shape index (κ1) is 35.7. The summed E-state index contributed by atoms with van der Waals surface area (Å²) in [6, 6.07) is 53.2. The molecule has 248 valence electrons. The van der Waals surface area contributed by atoms with Gasteiger partial charge >= 0.3 is 10.4 Å². The van der Waals surface area contributed by atoms with Gasteiger partial charge in [-0.3, -0.25) is 9.11 Å². The summed E-state index contributed by atoms with van der Waals surface area (Å²) in [4.78, 5) is 0. The zero-order valence-corrected chi connectivity index (χ0v) is 26.9. The van der Waals surface area contributed by atoms with Crippen molar-refractivity contribution in [3.05, 3.63) is 170 Å². The maximum absolute atomic E-state index is 9.37. The van der Waals surface area contributed by atoms with Crippen molar-refractivity contribution in [2.75, 3.05) is 0 Å². The largest absolute Gasteiger partial charge is 0.507 e. The predicted octanol–water partition coefficient (Wildman–Crippen LogP) is 9.53. The molecule has 0 amide bonds. The van der Waals surface area contributed by atoms with Crippen molar-refractivity contribution < 1.29 is 37.9 Å². The van der Waals surface area contributed by atoms with E-state index in [9.17, 15) is 20.4 Å². The monoisotopic (exact) mass is 674 g/mol. The number of aromatic hydroxyl groups is 4. The first-order valence-electron chi connectivity index (χ1n) is 14.9. The van der Waals surface area contributed by atoms with Crippen LogP contribution in [0.2, 0.25) is 0 Å². The zero-order valence-electron chi connectivity index (χ0n) is 26.1. The Kier molecular flexibility index (Phi) is 12.5. The van der Waals surface area contributed by atoms with Crippen LogP contribution in [0.1, 0.15) is 0 Å². The number of fused-ring (bicyclic) bond motifs is 4. The van der Waals surface area contributed by atoms with Crippen molar-refractivity contribution >= 4 is 53.5 Å². The highest BCUT2D eigenvalue weighted by Gasteiger charge is 1.97. The van der Waals surface area contributed by atoms with E-state index in [-0.39, 0.29) is 0 Å². The van der Waals surface area contributed by atoms with Crippen LogP contribution in [0.3, 0.4) is 0 Å². The second-order valence-electron chi connectivity index (χ2n) is 10.4. The molecule has 8 rings (SSSR count). The van der Waals surface area contributed by atoms with Crippen LogP contribution >= 0.6 is 0 Å². The van der Waals surface area contributed by atoms with E-state index < -0.39 is 10.4 Å². The Bertz CT molecular complexity index is 2050. The number of rotatable bonds is 0. The quantitative estimate of drug-likeness (QED) is 0.0869. The summed E-state index contributed by atoms with van der Waals surface area (Å²) in [5.41, 5.74) is 0.